The molecule has 0 saturated carbocycles. The number of rotatable bonds is 6. The number of halogens is 2. The fraction of sp³-hybridized carbons (Fsp3) is 0.429. The number of aromatic nitrogens is 2. The Hall–Kier alpha value is -1.76. The molecule has 0 unspecified atom stereocenters. The van der Waals surface area contributed by atoms with Gasteiger partial charge in [0.1, 0.15) is 5.69 Å². The molecule has 0 aliphatic carbocycles. The van der Waals surface area contributed by atoms with Crippen molar-refractivity contribution in [2.45, 2.75) is 33.2 Å². The van der Waals surface area contributed by atoms with Crippen LogP contribution in [0.5, 0.6) is 0 Å². The zero-order valence-corrected chi connectivity index (χ0v) is 12.7. The van der Waals surface area contributed by atoms with Crippen LogP contribution in [0, 0.1) is 5.92 Å². The van der Waals surface area contributed by atoms with Gasteiger partial charge in [-0.05, 0) is 17.4 Å². The molecule has 2 heterocycles. The maximum Gasteiger partial charge on any atom is 0.282 e. The molecule has 7 heteroatoms. The van der Waals surface area contributed by atoms with Gasteiger partial charge in [-0.25, -0.2) is 8.78 Å². The van der Waals surface area contributed by atoms with Gasteiger partial charge in [-0.15, -0.1) is 11.3 Å². The van der Waals surface area contributed by atoms with Gasteiger partial charge < -0.3 is 5.32 Å². The van der Waals surface area contributed by atoms with E-state index in [9.17, 15) is 13.6 Å². The van der Waals surface area contributed by atoms with Crippen molar-refractivity contribution in [2.75, 3.05) is 5.32 Å². The minimum atomic E-state index is -2.68. The van der Waals surface area contributed by atoms with Crippen LogP contribution in [0.2, 0.25) is 0 Å². The van der Waals surface area contributed by atoms with Gasteiger partial charge >= 0.3 is 0 Å². The number of hydrogen-bond donors (Lipinski definition) is 1. The standard InChI is InChI=1S/C14H17F2N3OS/c1-9(2)8-19-13(14(15)16)11(7-17-19)18-12(20)6-10-4-3-5-21-10/h3-5,7,9,14H,6,8H2,1-2H3,(H,18,20). The first-order chi connectivity index (χ1) is 9.97. The molecule has 0 atom stereocenters. The summed E-state index contributed by atoms with van der Waals surface area (Å²) in [6, 6.07) is 3.68. The van der Waals surface area contributed by atoms with Crippen molar-refractivity contribution in [1.82, 2.24) is 9.78 Å². The van der Waals surface area contributed by atoms with Crippen molar-refractivity contribution in [2.24, 2.45) is 5.92 Å². The van der Waals surface area contributed by atoms with Crippen molar-refractivity contribution in [3.63, 3.8) is 0 Å². The molecule has 0 aliphatic heterocycles. The number of carbonyl (C=O) groups is 1. The van der Waals surface area contributed by atoms with Crippen LogP contribution in [0.1, 0.15) is 30.8 Å². The summed E-state index contributed by atoms with van der Waals surface area (Å²) in [6.45, 7) is 4.23. The molecular weight excluding hydrogens is 296 g/mol. The van der Waals surface area contributed by atoms with Crippen molar-refractivity contribution < 1.29 is 13.6 Å². The highest BCUT2D eigenvalue weighted by Gasteiger charge is 2.22. The number of nitrogens with zero attached hydrogens (tertiary/aromatic N) is 2. The molecule has 4 nitrogen and oxygen atoms in total. The van der Waals surface area contributed by atoms with Crippen molar-refractivity contribution in [3.05, 3.63) is 34.3 Å². The van der Waals surface area contributed by atoms with Crippen LogP contribution < -0.4 is 5.32 Å². The summed E-state index contributed by atoms with van der Waals surface area (Å²) in [5.41, 5.74) is -0.143. The predicted octanol–water partition coefficient (Wildman–Crippen LogP) is 3.72. The second-order valence-corrected chi connectivity index (χ2v) is 6.16. The quantitative estimate of drug-likeness (QED) is 0.883. The summed E-state index contributed by atoms with van der Waals surface area (Å²) in [6.07, 6.45) is -1.21. The summed E-state index contributed by atoms with van der Waals surface area (Å²) >= 11 is 1.46. The van der Waals surface area contributed by atoms with Gasteiger partial charge in [0.2, 0.25) is 5.91 Å². The Bertz CT molecular complexity index is 593. The Morgan fingerprint density at radius 1 is 1.48 bits per heavy atom. The number of alkyl halides is 2. The first kappa shape index (κ1) is 15.6. The topological polar surface area (TPSA) is 46.9 Å². The van der Waals surface area contributed by atoms with Crippen LogP contribution in [0.15, 0.2) is 23.7 Å². The van der Waals surface area contributed by atoms with Gasteiger partial charge in [-0.1, -0.05) is 19.9 Å². The Labute approximate surface area is 125 Å². The molecular formula is C14H17F2N3OS. The lowest BCUT2D eigenvalue weighted by Crippen LogP contribution is -2.16. The van der Waals surface area contributed by atoms with E-state index >= 15 is 0 Å². The highest BCUT2D eigenvalue weighted by Crippen LogP contribution is 2.27. The Balaban J connectivity index is 2.12. The van der Waals surface area contributed by atoms with E-state index < -0.39 is 6.43 Å². The summed E-state index contributed by atoms with van der Waals surface area (Å²) in [5.74, 6) is -0.125. The van der Waals surface area contributed by atoms with Gasteiger partial charge in [-0.3, -0.25) is 9.48 Å². The molecule has 2 aromatic rings. The fourth-order valence-corrected chi connectivity index (χ4v) is 2.68. The minimum absolute atomic E-state index is 0.0900. The summed E-state index contributed by atoms with van der Waals surface area (Å²) in [7, 11) is 0. The van der Waals surface area contributed by atoms with E-state index in [-0.39, 0.29) is 29.6 Å². The molecule has 1 amide bonds. The second-order valence-electron chi connectivity index (χ2n) is 5.12. The van der Waals surface area contributed by atoms with Crippen LogP contribution in [0.3, 0.4) is 0 Å². The Morgan fingerprint density at radius 2 is 2.24 bits per heavy atom. The molecule has 0 fully saturated rings. The van der Waals surface area contributed by atoms with E-state index in [1.54, 1.807) is 0 Å². The average molecular weight is 313 g/mol. The van der Waals surface area contributed by atoms with Gasteiger partial charge in [0.05, 0.1) is 18.3 Å². The summed E-state index contributed by atoms with van der Waals surface area (Å²) in [4.78, 5) is 12.8. The Morgan fingerprint density at radius 3 is 2.81 bits per heavy atom. The SMILES string of the molecule is CC(C)Cn1ncc(NC(=O)Cc2cccs2)c1C(F)F. The third-order valence-corrected chi connectivity index (χ3v) is 3.69. The number of thiophene rings is 1. The molecule has 0 aliphatic rings. The highest BCUT2D eigenvalue weighted by molar-refractivity contribution is 7.10. The van der Waals surface area contributed by atoms with Crippen molar-refractivity contribution in [1.29, 1.82) is 0 Å². The molecule has 0 spiro atoms. The van der Waals surface area contributed by atoms with E-state index in [0.717, 1.165) is 4.88 Å². The maximum atomic E-state index is 13.2. The van der Waals surface area contributed by atoms with Crippen LogP contribution in [0.4, 0.5) is 14.5 Å². The summed E-state index contributed by atoms with van der Waals surface area (Å²) in [5, 5.41) is 8.35. The molecule has 0 saturated heterocycles. The van der Waals surface area contributed by atoms with Gasteiger partial charge in [0.25, 0.3) is 6.43 Å². The normalized spacial score (nSPS) is 11.3. The van der Waals surface area contributed by atoms with Gasteiger partial charge in [0, 0.05) is 11.4 Å². The van der Waals surface area contributed by atoms with E-state index in [4.69, 9.17) is 0 Å². The lowest BCUT2D eigenvalue weighted by molar-refractivity contribution is -0.115. The zero-order valence-electron chi connectivity index (χ0n) is 11.8. The average Bonchev–Trinajstić information content (AvgIpc) is 2.98. The fourth-order valence-electron chi connectivity index (χ4n) is 1.98. The number of nitrogens with one attached hydrogen (secondary N) is 1. The predicted molar refractivity (Wildman–Crippen MR) is 78.7 cm³/mol. The molecule has 0 aromatic carbocycles. The molecule has 114 valence electrons. The summed E-state index contributed by atoms with van der Waals surface area (Å²) < 4.78 is 27.6. The molecule has 0 radical (unpaired) electrons. The lowest BCUT2D eigenvalue weighted by atomic mass is 10.2. The van der Waals surface area contributed by atoms with Crippen LogP contribution in [0.25, 0.3) is 0 Å². The van der Waals surface area contributed by atoms with Crippen LogP contribution in [-0.4, -0.2) is 15.7 Å². The smallest absolute Gasteiger partial charge is 0.282 e. The number of amides is 1. The Kier molecular flexibility index (Phi) is 5.06. The highest BCUT2D eigenvalue weighted by atomic mass is 32.1. The number of hydrogen-bond acceptors (Lipinski definition) is 3. The molecule has 0 bridgehead atoms. The van der Waals surface area contributed by atoms with E-state index in [1.165, 1.54) is 22.2 Å². The minimum Gasteiger partial charge on any atom is -0.323 e. The third-order valence-electron chi connectivity index (χ3n) is 2.81. The van der Waals surface area contributed by atoms with Crippen molar-refractivity contribution >= 4 is 22.9 Å². The number of carbonyl (C=O) groups excluding carboxylic acids is 1. The first-order valence-corrected chi connectivity index (χ1v) is 7.51. The second kappa shape index (κ2) is 6.80. The molecule has 2 aromatic heterocycles. The molecule has 1 N–H and O–H groups in total. The molecule has 21 heavy (non-hydrogen) atoms. The van der Waals surface area contributed by atoms with E-state index in [0.29, 0.717) is 6.54 Å². The van der Waals surface area contributed by atoms with Crippen molar-refractivity contribution in [3.8, 4) is 0 Å². The van der Waals surface area contributed by atoms with Crippen LogP contribution in [-0.2, 0) is 17.8 Å². The van der Waals surface area contributed by atoms with E-state index in [2.05, 4.69) is 10.4 Å². The molecule has 2 rings (SSSR count). The van der Waals surface area contributed by atoms with Gasteiger partial charge in [-0.2, -0.15) is 5.10 Å². The monoisotopic (exact) mass is 313 g/mol. The third kappa shape index (κ3) is 4.10. The van der Waals surface area contributed by atoms with Gasteiger partial charge in [0.15, 0.2) is 0 Å². The lowest BCUT2D eigenvalue weighted by Gasteiger charge is -2.11. The van der Waals surface area contributed by atoms with E-state index in [1.807, 2.05) is 31.4 Å². The maximum absolute atomic E-state index is 13.2. The number of anilines is 1. The largest absolute Gasteiger partial charge is 0.323 e. The zero-order chi connectivity index (χ0) is 15.4. The first-order valence-electron chi connectivity index (χ1n) is 6.63. The van der Waals surface area contributed by atoms with Crippen LogP contribution >= 0.6 is 11.3 Å².